The van der Waals surface area contributed by atoms with Gasteiger partial charge in [-0.05, 0) is 54.6 Å². The molecule has 31 heavy (non-hydrogen) atoms. The van der Waals surface area contributed by atoms with Crippen molar-refractivity contribution in [3.8, 4) is 11.3 Å². The summed E-state index contributed by atoms with van der Waals surface area (Å²) in [6, 6.07) is 18.1. The van der Waals surface area contributed by atoms with E-state index in [0.29, 0.717) is 5.76 Å². The Balaban J connectivity index is 1.47. The van der Waals surface area contributed by atoms with Gasteiger partial charge in [-0.1, -0.05) is 18.2 Å². The summed E-state index contributed by atoms with van der Waals surface area (Å²) in [5.74, 6) is -0.426. The average molecular weight is 440 g/mol. The lowest BCUT2D eigenvalue weighted by atomic mass is 10.1. The predicted molar refractivity (Wildman–Crippen MR) is 111 cm³/mol. The van der Waals surface area contributed by atoms with E-state index in [1.807, 2.05) is 0 Å². The standard InChI is InChI=1S/C22H17FN2O5S/c23-19-9-2-1-8-18(19)20-10-11-21(30-20)22(26)25-15-5-3-7-17(13-15)31(27,28)24-14-16-6-4-12-29-16/h1-13,24H,14H2,(H,25,26). The van der Waals surface area contributed by atoms with Crippen LogP contribution < -0.4 is 10.0 Å². The van der Waals surface area contributed by atoms with Crippen LogP contribution in [0.1, 0.15) is 16.3 Å². The van der Waals surface area contributed by atoms with E-state index in [4.69, 9.17) is 8.83 Å². The van der Waals surface area contributed by atoms with Gasteiger partial charge in [0, 0.05) is 5.69 Å². The number of amides is 1. The van der Waals surface area contributed by atoms with Crippen molar-refractivity contribution in [2.75, 3.05) is 5.32 Å². The molecule has 158 valence electrons. The van der Waals surface area contributed by atoms with Crippen molar-refractivity contribution in [3.63, 3.8) is 0 Å². The summed E-state index contributed by atoms with van der Waals surface area (Å²) in [6.45, 7) is -0.00284. The number of anilines is 1. The van der Waals surface area contributed by atoms with Gasteiger partial charge in [0.1, 0.15) is 17.3 Å². The first kappa shape index (κ1) is 20.6. The van der Waals surface area contributed by atoms with Gasteiger partial charge >= 0.3 is 0 Å². The summed E-state index contributed by atoms with van der Waals surface area (Å²) in [4.78, 5) is 12.5. The number of benzene rings is 2. The van der Waals surface area contributed by atoms with Crippen molar-refractivity contribution >= 4 is 21.6 Å². The molecule has 0 bridgehead atoms. The van der Waals surface area contributed by atoms with Crippen LogP contribution in [0.5, 0.6) is 0 Å². The Morgan fingerprint density at radius 2 is 1.81 bits per heavy atom. The Hall–Kier alpha value is -3.69. The fraction of sp³-hybridized carbons (Fsp3) is 0.0455. The first-order chi connectivity index (χ1) is 14.9. The molecular formula is C22H17FN2O5S. The third kappa shape index (κ3) is 4.73. The molecule has 2 heterocycles. The quantitative estimate of drug-likeness (QED) is 0.443. The van der Waals surface area contributed by atoms with Crippen LogP contribution in [0.15, 0.2) is 92.8 Å². The molecule has 0 aliphatic heterocycles. The number of furan rings is 2. The Kier molecular flexibility index (Phi) is 5.70. The summed E-state index contributed by atoms with van der Waals surface area (Å²) in [5.41, 5.74) is 0.493. The second kappa shape index (κ2) is 8.58. The number of hydrogen-bond acceptors (Lipinski definition) is 5. The van der Waals surface area contributed by atoms with Crippen LogP contribution in [0, 0.1) is 5.82 Å². The van der Waals surface area contributed by atoms with Crippen LogP contribution in [-0.4, -0.2) is 14.3 Å². The zero-order valence-corrected chi connectivity index (χ0v) is 16.9. The minimum atomic E-state index is -3.82. The smallest absolute Gasteiger partial charge is 0.291 e. The predicted octanol–water partition coefficient (Wildman–Crippen LogP) is 4.41. The molecule has 1 amide bonds. The van der Waals surface area contributed by atoms with Gasteiger partial charge < -0.3 is 14.2 Å². The second-order valence-corrected chi connectivity index (χ2v) is 8.30. The maximum atomic E-state index is 13.9. The van der Waals surface area contributed by atoms with E-state index in [1.54, 1.807) is 36.4 Å². The van der Waals surface area contributed by atoms with Gasteiger partial charge in [0.2, 0.25) is 10.0 Å². The maximum Gasteiger partial charge on any atom is 0.291 e. The third-order valence-electron chi connectivity index (χ3n) is 4.39. The number of hydrogen-bond donors (Lipinski definition) is 2. The van der Waals surface area contributed by atoms with Gasteiger partial charge in [0.05, 0.1) is 23.3 Å². The molecule has 4 rings (SSSR count). The Bertz CT molecular complexity index is 1310. The van der Waals surface area contributed by atoms with Crippen molar-refractivity contribution in [3.05, 3.63) is 96.4 Å². The first-order valence-corrected chi connectivity index (χ1v) is 10.7. The first-order valence-electron chi connectivity index (χ1n) is 9.20. The molecule has 0 saturated carbocycles. The number of sulfonamides is 1. The molecule has 2 aromatic carbocycles. The Labute approximate surface area is 177 Å². The van der Waals surface area contributed by atoms with E-state index in [1.165, 1.54) is 42.7 Å². The highest BCUT2D eigenvalue weighted by Crippen LogP contribution is 2.25. The molecule has 0 fully saturated rings. The number of carbonyl (C=O) groups excluding carboxylic acids is 1. The highest BCUT2D eigenvalue weighted by atomic mass is 32.2. The van der Waals surface area contributed by atoms with Gasteiger partial charge in [-0.15, -0.1) is 0 Å². The molecule has 4 aromatic rings. The van der Waals surface area contributed by atoms with Crippen LogP contribution in [0.3, 0.4) is 0 Å². The van der Waals surface area contributed by atoms with Crippen molar-refractivity contribution in [1.29, 1.82) is 0 Å². The van der Waals surface area contributed by atoms with E-state index >= 15 is 0 Å². The molecule has 0 spiro atoms. The monoisotopic (exact) mass is 440 g/mol. The number of rotatable bonds is 7. The zero-order valence-electron chi connectivity index (χ0n) is 16.0. The van der Waals surface area contributed by atoms with Gasteiger partial charge in [0.15, 0.2) is 5.76 Å². The zero-order chi connectivity index (χ0) is 21.8. The lowest BCUT2D eigenvalue weighted by molar-refractivity contribution is 0.0997. The van der Waals surface area contributed by atoms with Crippen LogP contribution in [-0.2, 0) is 16.6 Å². The van der Waals surface area contributed by atoms with E-state index < -0.39 is 21.7 Å². The average Bonchev–Trinajstić information content (AvgIpc) is 3.45. The molecule has 0 aliphatic rings. The molecule has 2 aromatic heterocycles. The summed E-state index contributed by atoms with van der Waals surface area (Å²) in [6.07, 6.45) is 1.45. The maximum absolute atomic E-state index is 13.9. The van der Waals surface area contributed by atoms with Crippen LogP contribution >= 0.6 is 0 Å². The highest BCUT2D eigenvalue weighted by molar-refractivity contribution is 7.89. The number of nitrogens with one attached hydrogen (secondary N) is 2. The van der Waals surface area contributed by atoms with Gasteiger partial charge in [-0.3, -0.25) is 4.79 Å². The second-order valence-electron chi connectivity index (χ2n) is 6.53. The molecular weight excluding hydrogens is 423 g/mol. The fourth-order valence-electron chi connectivity index (χ4n) is 2.86. The van der Waals surface area contributed by atoms with E-state index in [9.17, 15) is 17.6 Å². The van der Waals surface area contributed by atoms with E-state index in [0.717, 1.165) is 0 Å². The summed E-state index contributed by atoms with van der Waals surface area (Å²) >= 11 is 0. The Morgan fingerprint density at radius 1 is 0.968 bits per heavy atom. The van der Waals surface area contributed by atoms with Crippen molar-refractivity contribution in [2.45, 2.75) is 11.4 Å². The largest absolute Gasteiger partial charge is 0.468 e. The van der Waals surface area contributed by atoms with Crippen molar-refractivity contribution in [1.82, 2.24) is 4.72 Å². The van der Waals surface area contributed by atoms with Gasteiger partial charge in [-0.2, -0.15) is 0 Å². The molecule has 0 atom stereocenters. The summed E-state index contributed by atoms with van der Waals surface area (Å²) in [5, 5.41) is 2.58. The molecule has 0 radical (unpaired) electrons. The molecule has 0 aliphatic carbocycles. The van der Waals surface area contributed by atoms with Gasteiger partial charge in [-0.25, -0.2) is 17.5 Å². The number of carbonyl (C=O) groups is 1. The van der Waals surface area contributed by atoms with Crippen LogP contribution in [0.4, 0.5) is 10.1 Å². The van der Waals surface area contributed by atoms with Gasteiger partial charge in [0.25, 0.3) is 5.91 Å². The summed E-state index contributed by atoms with van der Waals surface area (Å²) < 4.78 is 51.9. The minimum absolute atomic E-state index is 0.00284. The SMILES string of the molecule is O=C(Nc1cccc(S(=O)(=O)NCc2ccco2)c1)c1ccc(-c2ccccc2F)o1. The molecule has 7 nitrogen and oxygen atoms in total. The molecule has 0 unspecified atom stereocenters. The van der Waals surface area contributed by atoms with Crippen LogP contribution in [0.2, 0.25) is 0 Å². The molecule has 0 saturated heterocycles. The highest BCUT2D eigenvalue weighted by Gasteiger charge is 2.17. The topological polar surface area (TPSA) is 102 Å². The van der Waals surface area contributed by atoms with Crippen molar-refractivity contribution < 1.29 is 26.4 Å². The summed E-state index contributed by atoms with van der Waals surface area (Å²) in [7, 11) is -3.82. The fourth-order valence-corrected chi connectivity index (χ4v) is 3.90. The minimum Gasteiger partial charge on any atom is -0.468 e. The van der Waals surface area contributed by atoms with E-state index in [2.05, 4.69) is 10.0 Å². The normalized spacial score (nSPS) is 11.4. The van der Waals surface area contributed by atoms with E-state index in [-0.39, 0.29) is 34.2 Å². The third-order valence-corrected chi connectivity index (χ3v) is 5.79. The molecule has 2 N–H and O–H groups in total. The lowest BCUT2D eigenvalue weighted by Gasteiger charge is -2.08. The number of halogens is 1. The Morgan fingerprint density at radius 3 is 2.58 bits per heavy atom. The lowest BCUT2D eigenvalue weighted by Crippen LogP contribution is -2.23. The van der Waals surface area contributed by atoms with Crippen molar-refractivity contribution in [2.24, 2.45) is 0 Å². The molecule has 9 heteroatoms. The van der Waals surface area contributed by atoms with Crippen LogP contribution in [0.25, 0.3) is 11.3 Å².